The molecule has 0 radical (unpaired) electrons. The van der Waals surface area contributed by atoms with Crippen LogP contribution in [0.2, 0.25) is 0 Å². The van der Waals surface area contributed by atoms with E-state index < -0.39 is 6.55 Å². The van der Waals surface area contributed by atoms with Gasteiger partial charge in [0.1, 0.15) is 11.6 Å². The van der Waals surface area contributed by atoms with Gasteiger partial charge in [0.25, 0.3) is 0 Å². The summed E-state index contributed by atoms with van der Waals surface area (Å²) in [6.45, 7) is 1.06. The molecule has 5 rings (SSSR count). The highest BCUT2D eigenvalue weighted by Gasteiger charge is 2.30. The molecular formula is C24H26F2N4O. The molecule has 5 nitrogen and oxygen atoms in total. The molecule has 4 aromatic rings. The van der Waals surface area contributed by atoms with Crippen molar-refractivity contribution in [3.63, 3.8) is 0 Å². The molecular weight excluding hydrogens is 398 g/mol. The number of aromatic amines is 1. The van der Waals surface area contributed by atoms with Crippen LogP contribution >= 0.6 is 0 Å². The number of alkyl halides is 2. The normalized spacial score (nSPS) is 17.1. The zero-order valence-electron chi connectivity index (χ0n) is 17.7. The maximum absolute atomic E-state index is 13.9. The Hall–Kier alpha value is -2.93. The molecule has 3 heterocycles. The minimum absolute atomic E-state index is 0.176. The zero-order chi connectivity index (χ0) is 21.5. The second-order valence-electron chi connectivity index (χ2n) is 8.25. The summed E-state index contributed by atoms with van der Waals surface area (Å²) >= 11 is 0. The van der Waals surface area contributed by atoms with Crippen molar-refractivity contribution in [2.45, 2.75) is 38.3 Å². The molecule has 1 N–H and O–H groups in total. The first-order chi connectivity index (χ1) is 15.1. The zero-order valence-corrected chi connectivity index (χ0v) is 17.7. The number of nitrogens with zero attached hydrogens (tertiary/aromatic N) is 3. The average molecular weight is 424 g/mol. The second kappa shape index (κ2) is 7.96. The number of rotatable bonds is 5. The largest absolute Gasteiger partial charge is 0.497 e. The third kappa shape index (κ3) is 3.47. The maximum atomic E-state index is 13.9. The molecule has 0 spiro atoms. The van der Waals surface area contributed by atoms with Crippen molar-refractivity contribution >= 4 is 21.9 Å². The van der Waals surface area contributed by atoms with E-state index in [-0.39, 0.29) is 6.04 Å². The average Bonchev–Trinajstić information content (AvgIpc) is 3.40. The number of H-pyrrole nitrogens is 1. The molecule has 2 aromatic heterocycles. The van der Waals surface area contributed by atoms with Crippen molar-refractivity contribution in [2.75, 3.05) is 20.2 Å². The smallest absolute Gasteiger partial charge is 0.320 e. The first-order valence-electron chi connectivity index (χ1n) is 10.7. The van der Waals surface area contributed by atoms with E-state index in [1.165, 1.54) is 10.9 Å². The minimum Gasteiger partial charge on any atom is -0.497 e. The molecule has 2 aromatic carbocycles. The lowest BCUT2D eigenvalue weighted by Gasteiger charge is -2.35. The molecule has 1 fully saturated rings. The van der Waals surface area contributed by atoms with Gasteiger partial charge >= 0.3 is 6.55 Å². The van der Waals surface area contributed by atoms with Gasteiger partial charge in [0.15, 0.2) is 0 Å². The Labute approximate surface area is 179 Å². The van der Waals surface area contributed by atoms with Gasteiger partial charge in [0, 0.05) is 17.1 Å². The minimum atomic E-state index is -2.61. The van der Waals surface area contributed by atoms with Gasteiger partial charge in [0.2, 0.25) is 0 Å². The summed E-state index contributed by atoms with van der Waals surface area (Å²) in [4.78, 5) is 10.2. The number of nitrogens with one attached hydrogen (secondary N) is 1. The Balaban J connectivity index is 1.37. The Kier molecular flexibility index (Phi) is 5.14. The number of methoxy groups -OCH3 is 1. The molecule has 1 saturated heterocycles. The molecule has 0 aliphatic carbocycles. The van der Waals surface area contributed by atoms with E-state index in [9.17, 15) is 8.78 Å². The number of halogens is 2. The highest BCUT2D eigenvalue weighted by atomic mass is 19.3. The monoisotopic (exact) mass is 424 g/mol. The van der Waals surface area contributed by atoms with Crippen LogP contribution < -0.4 is 4.74 Å². The fourth-order valence-corrected chi connectivity index (χ4v) is 4.91. The molecule has 1 unspecified atom stereocenters. The molecule has 31 heavy (non-hydrogen) atoms. The van der Waals surface area contributed by atoms with E-state index in [1.54, 1.807) is 25.3 Å². The van der Waals surface area contributed by atoms with Gasteiger partial charge in [0.05, 0.1) is 24.2 Å². The van der Waals surface area contributed by atoms with Gasteiger partial charge in [-0.2, -0.15) is 8.78 Å². The number of hydrogen-bond donors (Lipinski definition) is 1. The van der Waals surface area contributed by atoms with Crippen LogP contribution in [-0.4, -0.2) is 39.6 Å². The predicted octanol–water partition coefficient (Wildman–Crippen LogP) is 5.86. The highest BCUT2D eigenvalue weighted by molar-refractivity contribution is 5.85. The van der Waals surface area contributed by atoms with Crippen LogP contribution in [0.5, 0.6) is 5.75 Å². The van der Waals surface area contributed by atoms with E-state index in [1.807, 2.05) is 25.1 Å². The van der Waals surface area contributed by atoms with E-state index >= 15 is 0 Å². The molecule has 0 amide bonds. The Bertz CT molecular complexity index is 1210. The summed E-state index contributed by atoms with van der Waals surface area (Å²) in [5.74, 6) is 1.72. The molecule has 1 atom stereocenters. The maximum Gasteiger partial charge on any atom is 0.320 e. The molecule has 1 aliphatic heterocycles. The topological polar surface area (TPSA) is 46.1 Å². The lowest BCUT2D eigenvalue weighted by Crippen LogP contribution is -2.36. The van der Waals surface area contributed by atoms with Gasteiger partial charge in [-0.25, -0.2) is 4.98 Å². The Morgan fingerprint density at radius 1 is 1.13 bits per heavy atom. The number of aromatic nitrogens is 3. The third-order valence-electron chi connectivity index (χ3n) is 6.63. The fraction of sp³-hybridized carbons (Fsp3) is 0.375. The van der Waals surface area contributed by atoms with Crippen LogP contribution in [0.25, 0.3) is 21.9 Å². The van der Waals surface area contributed by atoms with Crippen LogP contribution in [0.15, 0.2) is 48.7 Å². The quantitative estimate of drug-likeness (QED) is 0.436. The van der Waals surface area contributed by atoms with Crippen LogP contribution in [-0.2, 0) is 0 Å². The highest BCUT2D eigenvalue weighted by Crippen LogP contribution is 2.37. The van der Waals surface area contributed by atoms with Gasteiger partial charge in [-0.15, -0.1) is 0 Å². The van der Waals surface area contributed by atoms with Crippen molar-refractivity contribution in [2.24, 2.45) is 0 Å². The van der Waals surface area contributed by atoms with Crippen molar-refractivity contribution in [3.05, 3.63) is 60.0 Å². The second-order valence-corrected chi connectivity index (χ2v) is 8.25. The molecule has 0 saturated carbocycles. The Morgan fingerprint density at radius 3 is 2.65 bits per heavy atom. The predicted molar refractivity (Wildman–Crippen MR) is 118 cm³/mol. The van der Waals surface area contributed by atoms with Gasteiger partial charge in [-0.3, -0.25) is 9.47 Å². The van der Waals surface area contributed by atoms with Crippen molar-refractivity contribution in [1.82, 2.24) is 19.4 Å². The van der Waals surface area contributed by atoms with E-state index in [2.05, 4.69) is 27.1 Å². The van der Waals surface area contributed by atoms with E-state index in [0.29, 0.717) is 22.8 Å². The fourth-order valence-electron chi connectivity index (χ4n) is 4.91. The van der Waals surface area contributed by atoms with E-state index in [4.69, 9.17) is 4.74 Å². The number of fused-ring (bicyclic) bond motifs is 2. The van der Waals surface area contributed by atoms with Gasteiger partial charge in [-0.05, 0) is 74.7 Å². The lowest BCUT2D eigenvalue weighted by molar-refractivity contribution is 0.0623. The van der Waals surface area contributed by atoms with Crippen LogP contribution in [0.1, 0.15) is 49.7 Å². The van der Waals surface area contributed by atoms with Gasteiger partial charge < -0.3 is 9.72 Å². The summed E-state index contributed by atoms with van der Waals surface area (Å²) < 4.78 is 34.2. The van der Waals surface area contributed by atoms with Crippen LogP contribution in [0.4, 0.5) is 8.78 Å². The van der Waals surface area contributed by atoms with E-state index in [0.717, 1.165) is 41.8 Å². The summed E-state index contributed by atoms with van der Waals surface area (Å²) in [7, 11) is 1.68. The third-order valence-corrected chi connectivity index (χ3v) is 6.63. The van der Waals surface area contributed by atoms with Crippen molar-refractivity contribution < 1.29 is 13.5 Å². The SMILES string of the molecule is COc1ccc2[nH]cc(C3CCN(C(C)c4nc5ccccc5n4C(F)F)CC3)c2c1. The molecule has 162 valence electrons. The van der Waals surface area contributed by atoms with Crippen LogP contribution in [0, 0.1) is 0 Å². The number of para-hydroxylation sites is 2. The first kappa shape index (κ1) is 20.0. The summed E-state index contributed by atoms with van der Waals surface area (Å²) in [6.07, 6.45) is 4.05. The van der Waals surface area contributed by atoms with Crippen molar-refractivity contribution in [1.29, 1.82) is 0 Å². The molecule has 0 bridgehead atoms. The molecule has 1 aliphatic rings. The van der Waals surface area contributed by atoms with Crippen LogP contribution in [0.3, 0.4) is 0 Å². The Morgan fingerprint density at radius 2 is 1.90 bits per heavy atom. The molecule has 7 heteroatoms. The van der Waals surface area contributed by atoms with Crippen molar-refractivity contribution in [3.8, 4) is 5.75 Å². The number of piperidine rings is 1. The lowest BCUT2D eigenvalue weighted by atomic mass is 9.88. The number of ether oxygens (including phenoxy) is 1. The number of hydrogen-bond acceptors (Lipinski definition) is 3. The number of imidazole rings is 1. The summed E-state index contributed by atoms with van der Waals surface area (Å²) in [5.41, 5.74) is 3.52. The number of benzene rings is 2. The standard InChI is InChI=1S/C24H26F2N4O/c1-15(23-28-21-5-3-4-6-22(21)30(23)24(25)26)29-11-9-16(10-12-29)19-14-27-20-8-7-17(31-2)13-18(19)20/h3-8,13-16,24,27H,9-12H2,1-2H3. The first-order valence-corrected chi connectivity index (χ1v) is 10.7. The number of likely N-dealkylation sites (tertiary alicyclic amines) is 1. The summed E-state index contributed by atoms with van der Waals surface area (Å²) in [6, 6.07) is 13.0. The summed E-state index contributed by atoms with van der Waals surface area (Å²) in [5, 5.41) is 1.20. The van der Waals surface area contributed by atoms with Gasteiger partial charge in [-0.1, -0.05) is 12.1 Å².